The molecular formula is C25H34N2O2S. The van der Waals surface area contributed by atoms with Gasteiger partial charge in [-0.05, 0) is 42.7 Å². The van der Waals surface area contributed by atoms with Crippen molar-refractivity contribution < 1.29 is 8.42 Å². The highest BCUT2D eigenvalue weighted by atomic mass is 32.2. The topological polar surface area (TPSA) is 62.8 Å². The summed E-state index contributed by atoms with van der Waals surface area (Å²) < 4.78 is 25.7. The monoisotopic (exact) mass is 426 g/mol. The largest absolute Gasteiger partial charge is 0.328 e. The second-order valence-corrected chi connectivity index (χ2v) is 10.0. The number of hydrogen-bond donors (Lipinski definition) is 1. The van der Waals surface area contributed by atoms with Crippen molar-refractivity contribution in [2.75, 3.05) is 0 Å². The Morgan fingerprint density at radius 1 is 0.767 bits per heavy atom. The molecule has 0 atom stereocenters. The number of aromatic amines is 1. The Balaban J connectivity index is 1.43. The first kappa shape index (κ1) is 22.5. The molecule has 162 valence electrons. The number of nitrogens with one attached hydrogen (secondary N) is 1. The van der Waals surface area contributed by atoms with Gasteiger partial charge < -0.3 is 4.98 Å². The molecule has 5 heteroatoms. The summed E-state index contributed by atoms with van der Waals surface area (Å²) in [6.07, 6.45) is 14.2. The van der Waals surface area contributed by atoms with E-state index in [-0.39, 0.29) is 10.1 Å². The first-order chi connectivity index (χ1) is 14.6. The highest BCUT2D eigenvalue weighted by Crippen LogP contribution is 2.22. The third-order valence-electron chi connectivity index (χ3n) is 5.67. The van der Waals surface area contributed by atoms with Crippen LogP contribution in [0.4, 0.5) is 0 Å². The minimum Gasteiger partial charge on any atom is -0.328 e. The number of para-hydroxylation sites is 2. The van der Waals surface area contributed by atoms with Crippen LogP contribution >= 0.6 is 0 Å². The number of aromatic nitrogens is 2. The predicted molar refractivity (Wildman–Crippen MR) is 124 cm³/mol. The van der Waals surface area contributed by atoms with Crippen LogP contribution in [0.15, 0.2) is 58.6 Å². The molecule has 0 saturated heterocycles. The zero-order chi connectivity index (χ0) is 21.2. The van der Waals surface area contributed by atoms with Gasteiger partial charge in [0.2, 0.25) is 15.0 Å². The quantitative estimate of drug-likeness (QED) is 0.304. The van der Waals surface area contributed by atoms with Gasteiger partial charge in [0.25, 0.3) is 0 Å². The summed E-state index contributed by atoms with van der Waals surface area (Å²) in [5, 5.41) is 0.00569. The lowest BCUT2D eigenvalue weighted by Crippen LogP contribution is -2.04. The minimum atomic E-state index is -3.63. The number of rotatable bonds is 13. The molecule has 0 aliphatic carbocycles. The Morgan fingerprint density at radius 2 is 1.37 bits per heavy atom. The van der Waals surface area contributed by atoms with Gasteiger partial charge in [-0.1, -0.05) is 89.0 Å². The maximum atomic E-state index is 12.9. The molecule has 0 saturated carbocycles. The van der Waals surface area contributed by atoms with Crippen LogP contribution in [0.5, 0.6) is 0 Å². The van der Waals surface area contributed by atoms with E-state index in [1.165, 1.54) is 63.4 Å². The van der Waals surface area contributed by atoms with Crippen molar-refractivity contribution in [3.63, 3.8) is 0 Å². The lowest BCUT2D eigenvalue weighted by molar-refractivity contribution is 0.556. The fraction of sp³-hybridized carbons (Fsp3) is 0.480. The molecule has 0 radical (unpaired) electrons. The number of unbranched alkanes of at least 4 members (excludes halogenated alkanes) is 9. The Morgan fingerprint density at radius 3 is 2.00 bits per heavy atom. The Hall–Kier alpha value is -2.14. The number of aryl methyl sites for hydroxylation is 1. The first-order valence-corrected chi connectivity index (χ1v) is 12.9. The molecule has 0 aliphatic heterocycles. The number of nitrogens with zero attached hydrogens (tertiary/aromatic N) is 1. The number of hydrogen-bond acceptors (Lipinski definition) is 3. The Labute approximate surface area is 181 Å². The maximum Gasteiger partial charge on any atom is 0.239 e. The molecule has 0 unspecified atom stereocenters. The van der Waals surface area contributed by atoms with Crippen LogP contribution in [-0.4, -0.2) is 18.4 Å². The molecule has 2 aromatic carbocycles. The molecule has 4 nitrogen and oxygen atoms in total. The van der Waals surface area contributed by atoms with Gasteiger partial charge in [0.05, 0.1) is 15.9 Å². The van der Waals surface area contributed by atoms with Crippen LogP contribution in [0.3, 0.4) is 0 Å². The van der Waals surface area contributed by atoms with E-state index in [9.17, 15) is 8.42 Å². The first-order valence-electron chi connectivity index (χ1n) is 11.4. The van der Waals surface area contributed by atoms with Crippen molar-refractivity contribution in [3.05, 3.63) is 54.1 Å². The van der Waals surface area contributed by atoms with Crippen LogP contribution in [0, 0.1) is 0 Å². The van der Waals surface area contributed by atoms with E-state index >= 15 is 0 Å². The normalized spacial score (nSPS) is 11.9. The zero-order valence-corrected chi connectivity index (χ0v) is 18.9. The summed E-state index contributed by atoms with van der Waals surface area (Å²) in [6, 6.07) is 14.6. The van der Waals surface area contributed by atoms with Crippen LogP contribution in [-0.2, 0) is 16.3 Å². The molecule has 1 N–H and O–H groups in total. The van der Waals surface area contributed by atoms with Gasteiger partial charge in [-0.2, -0.15) is 0 Å². The molecule has 1 heterocycles. The molecule has 0 aliphatic rings. The molecule has 0 spiro atoms. The highest BCUT2D eigenvalue weighted by molar-refractivity contribution is 7.91. The highest BCUT2D eigenvalue weighted by Gasteiger charge is 2.21. The molecule has 0 fully saturated rings. The molecule has 0 amide bonds. The number of H-pyrrole nitrogens is 1. The van der Waals surface area contributed by atoms with E-state index in [4.69, 9.17) is 0 Å². The van der Waals surface area contributed by atoms with E-state index in [0.29, 0.717) is 5.52 Å². The van der Waals surface area contributed by atoms with Gasteiger partial charge in [0.15, 0.2) is 0 Å². The SMILES string of the molecule is CCCCCCCCCCCCc1ccc(S(=O)(=O)c2nc3ccccc3[nH]2)cc1. The Bertz CT molecular complexity index is 974. The summed E-state index contributed by atoms with van der Waals surface area (Å²) in [4.78, 5) is 7.45. The van der Waals surface area contributed by atoms with Gasteiger partial charge in [-0.3, -0.25) is 0 Å². The van der Waals surface area contributed by atoms with E-state index in [1.807, 2.05) is 30.3 Å². The maximum absolute atomic E-state index is 12.9. The number of fused-ring (bicyclic) bond motifs is 1. The molecule has 3 aromatic rings. The van der Waals surface area contributed by atoms with Crippen LogP contribution in [0.1, 0.15) is 76.7 Å². The second kappa shape index (κ2) is 11.3. The molecule has 3 rings (SSSR count). The lowest BCUT2D eigenvalue weighted by Gasteiger charge is -2.05. The Kier molecular flexibility index (Phi) is 8.50. The predicted octanol–water partition coefficient (Wildman–Crippen LogP) is 6.86. The van der Waals surface area contributed by atoms with Crippen molar-refractivity contribution in [2.45, 2.75) is 87.6 Å². The van der Waals surface area contributed by atoms with Gasteiger partial charge >= 0.3 is 0 Å². The zero-order valence-electron chi connectivity index (χ0n) is 18.1. The van der Waals surface area contributed by atoms with E-state index < -0.39 is 9.84 Å². The summed E-state index contributed by atoms with van der Waals surface area (Å²) in [6.45, 7) is 2.26. The molecule has 0 bridgehead atoms. The van der Waals surface area contributed by atoms with Crippen molar-refractivity contribution in [1.29, 1.82) is 0 Å². The molecular weight excluding hydrogens is 392 g/mol. The van der Waals surface area contributed by atoms with Crippen molar-refractivity contribution in [2.24, 2.45) is 0 Å². The summed E-state index contributed by atoms with van der Waals surface area (Å²) in [5.41, 5.74) is 2.58. The standard InChI is InChI=1S/C25H34N2O2S/c1-2-3-4-5-6-7-8-9-10-11-14-21-17-19-22(20-18-21)30(28,29)25-26-23-15-12-13-16-24(23)27-25/h12-13,15-20H,2-11,14H2,1H3,(H,26,27). The lowest BCUT2D eigenvalue weighted by atomic mass is 10.0. The van der Waals surface area contributed by atoms with E-state index in [0.717, 1.165) is 18.4 Å². The molecule has 1 aromatic heterocycles. The summed E-state index contributed by atoms with van der Waals surface area (Å²) in [7, 11) is -3.63. The summed E-state index contributed by atoms with van der Waals surface area (Å²) in [5.74, 6) is 0. The number of benzene rings is 2. The van der Waals surface area contributed by atoms with Crippen LogP contribution < -0.4 is 0 Å². The third-order valence-corrected chi connectivity index (χ3v) is 7.27. The van der Waals surface area contributed by atoms with Gasteiger partial charge in [-0.25, -0.2) is 13.4 Å². The smallest absolute Gasteiger partial charge is 0.239 e. The summed E-state index contributed by atoms with van der Waals surface area (Å²) >= 11 is 0. The van der Waals surface area contributed by atoms with Crippen molar-refractivity contribution in [1.82, 2.24) is 9.97 Å². The van der Waals surface area contributed by atoms with Crippen molar-refractivity contribution >= 4 is 20.9 Å². The van der Waals surface area contributed by atoms with E-state index in [1.54, 1.807) is 18.2 Å². The fourth-order valence-electron chi connectivity index (χ4n) is 3.82. The fourth-order valence-corrected chi connectivity index (χ4v) is 5.00. The second-order valence-electron chi connectivity index (χ2n) is 8.14. The third kappa shape index (κ3) is 6.18. The molecule has 30 heavy (non-hydrogen) atoms. The van der Waals surface area contributed by atoms with Gasteiger partial charge in [0.1, 0.15) is 0 Å². The average Bonchev–Trinajstić information content (AvgIpc) is 3.21. The van der Waals surface area contributed by atoms with Gasteiger partial charge in [0, 0.05) is 0 Å². The van der Waals surface area contributed by atoms with Gasteiger partial charge in [-0.15, -0.1) is 0 Å². The minimum absolute atomic E-state index is 0.00569. The average molecular weight is 427 g/mol. The van der Waals surface area contributed by atoms with Crippen LogP contribution in [0.2, 0.25) is 0 Å². The van der Waals surface area contributed by atoms with Crippen LogP contribution in [0.25, 0.3) is 11.0 Å². The number of sulfone groups is 1. The van der Waals surface area contributed by atoms with Crippen molar-refractivity contribution in [3.8, 4) is 0 Å². The van der Waals surface area contributed by atoms with E-state index in [2.05, 4.69) is 16.9 Å². The number of imidazole rings is 1.